The van der Waals surface area contributed by atoms with Crippen LogP contribution in [0.1, 0.15) is 34.1 Å². The highest BCUT2D eigenvalue weighted by Crippen LogP contribution is 2.30. The molecule has 26 heavy (non-hydrogen) atoms. The van der Waals surface area contributed by atoms with Gasteiger partial charge in [-0.3, -0.25) is 19.2 Å². The van der Waals surface area contributed by atoms with E-state index in [4.69, 9.17) is 23.7 Å². The van der Waals surface area contributed by atoms with Crippen molar-refractivity contribution in [1.29, 1.82) is 0 Å². The molecule has 1 saturated heterocycles. The number of esters is 4. The number of carbonyl (C=O) groups is 4. The van der Waals surface area contributed by atoms with Crippen molar-refractivity contribution in [3.8, 4) is 0 Å². The Balaban J connectivity index is 3.22. The number of carbonyl (C=O) groups excluding carboxylic acids is 4. The molecule has 1 aliphatic rings. The van der Waals surface area contributed by atoms with Crippen LogP contribution in [0.4, 0.5) is 0 Å². The first-order valence-corrected chi connectivity index (χ1v) is 8.07. The third-order valence-electron chi connectivity index (χ3n) is 3.50. The van der Waals surface area contributed by atoms with E-state index in [2.05, 4.69) is 0 Å². The largest absolute Gasteiger partial charge is 0.463 e. The molecule has 0 aromatic heterocycles. The topological polar surface area (TPSA) is 135 Å². The molecule has 0 aliphatic carbocycles. The van der Waals surface area contributed by atoms with Crippen molar-refractivity contribution in [3.05, 3.63) is 0 Å². The first kappa shape index (κ1) is 21.8. The minimum Gasteiger partial charge on any atom is -0.463 e. The lowest BCUT2D eigenvalue weighted by molar-refractivity contribution is -0.254. The minimum absolute atomic E-state index is 0.0546. The number of hydrogen-bond acceptors (Lipinski definition) is 10. The predicted molar refractivity (Wildman–Crippen MR) is 83.7 cm³/mol. The average Bonchev–Trinajstić information content (AvgIpc) is 2.50. The molecule has 0 radical (unpaired) electrons. The zero-order chi connectivity index (χ0) is 19.9. The molecule has 10 heteroatoms. The molecule has 1 N–H and O–H groups in total. The Bertz CT molecular complexity index is 531. The molecule has 1 aliphatic heterocycles. The molecule has 1 heterocycles. The van der Waals surface area contributed by atoms with Crippen LogP contribution in [0.15, 0.2) is 0 Å². The second kappa shape index (κ2) is 10.1. The quantitative estimate of drug-likeness (QED) is 0.457. The van der Waals surface area contributed by atoms with Gasteiger partial charge in [0, 0.05) is 40.7 Å². The van der Waals surface area contributed by atoms with Crippen molar-refractivity contribution in [2.45, 2.75) is 64.6 Å². The van der Waals surface area contributed by atoms with Crippen molar-refractivity contribution in [1.82, 2.24) is 0 Å². The second-order valence-electron chi connectivity index (χ2n) is 5.75. The molecule has 5 atom stereocenters. The van der Waals surface area contributed by atoms with Crippen LogP contribution in [0, 0.1) is 0 Å². The zero-order valence-corrected chi connectivity index (χ0v) is 15.1. The fraction of sp³-hybridized carbons (Fsp3) is 0.750. The lowest BCUT2D eigenvalue weighted by Gasteiger charge is -2.44. The molecule has 0 unspecified atom stereocenters. The summed E-state index contributed by atoms with van der Waals surface area (Å²) in [5, 5.41) is 9.26. The van der Waals surface area contributed by atoms with E-state index in [1.165, 1.54) is 6.92 Å². The van der Waals surface area contributed by atoms with Crippen LogP contribution in [0.5, 0.6) is 0 Å². The van der Waals surface area contributed by atoms with E-state index in [9.17, 15) is 24.3 Å². The number of ether oxygens (including phenoxy) is 5. The van der Waals surface area contributed by atoms with Gasteiger partial charge in [-0.25, -0.2) is 0 Å². The van der Waals surface area contributed by atoms with E-state index >= 15 is 0 Å². The highest BCUT2D eigenvalue weighted by Gasteiger charge is 2.51. The summed E-state index contributed by atoms with van der Waals surface area (Å²) in [5.74, 6) is -2.63. The maximum absolute atomic E-state index is 11.5. The maximum atomic E-state index is 11.5. The first-order chi connectivity index (χ1) is 12.1. The Labute approximate surface area is 150 Å². The molecule has 0 bridgehead atoms. The van der Waals surface area contributed by atoms with Crippen LogP contribution in [0.2, 0.25) is 0 Å². The van der Waals surface area contributed by atoms with Crippen LogP contribution in [-0.4, -0.2) is 72.7 Å². The van der Waals surface area contributed by atoms with Gasteiger partial charge in [-0.05, 0) is 0 Å². The van der Waals surface area contributed by atoms with E-state index in [1.54, 1.807) is 0 Å². The molecule has 148 valence electrons. The van der Waals surface area contributed by atoms with Gasteiger partial charge < -0.3 is 28.8 Å². The number of hydrogen-bond donors (Lipinski definition) is 1. The van der Waals surface area contributed by atoms with E-state index in [0.29, 0.717) is 0 Å². The Morgan fingerprint density at radius 3 is 1.65 bits per heavy atom. The molecule has 0 aromatic rings. The Morgan fingerprint density at radius 1 is 0.769 bits per heavy atom. The number of aliphatic hydroxyl groups excluding tert-OH is 1. The van der Waals surface area contributed by atoms with Gasteiger partial charge in [0.1, 0.15) is 18.8 Å². The third-order valence-corrected chi connectivity index (χ3v) is 3.50. The molecule has 10 nitrogen and oxygen atoms in total. The summed E-state index contributed by atoms with van der Waals surface area (Å²) >= 11 is 0. The van der Waals surface area contributed by atoms with Crippen molar-refractivity contribution in [2.24, 2.45) is 0 Å². The third kappa shape index (κ3) is 6.60. The summed E-state index contributed by atoms with van der Waals surface area (Å²) < 4.78 is 26.3. The second-order valence-corrected chi connectivity index (χ2v) is 5.75. The zero-order valence-electron chi connectivity index (χ0n) is 15.1. The monoisotopic (exact) mass is 376 g/mol. The van der Waals surface area contributed by atoms with E-state index in [1.807, 2.05) is 0 Å². The summed E-state index contributed by atoms with van der Waals surface area (Å²) in [6.07, 6.45) is -5.25. The molecule has 0 spiro atoms. The predicted octanol–water partition coefficient (Wildman–Crippen LogP) is -0.506. The van der Waals surface area contributed by atoms with Gasteiger partial charge >= 0.3 is 23.9 Å². The highest BCUT2D eigenvalue weighted by atomic mass is 16.7. The average molecular weight is 376 g/mol. The Morgan fingerprint density at radius 2 is 1.23 bits per heavy atom. The van der Waals surface area contributed by atoms with Gasteiger partial charge in [0.2, 0.25) is 0 Å². The summed E-state index contributed by atoms with van der Waals surface area (Å²) in [6.45, 7) is 4.07. The van der Waals surface area contributed by atoms with Crippen molar-refractivity contribution in [2.75, 3.05) is 13.2 Å². The Hall–Kier alpha value is -2.20. The minimum atomic E-state index is -1.19. The van der Waals surface area contributed by atoms with Crippen molar-refractivity contribution >= 4 is 23.9 Å². The maximum Gasteiger partial charge on any atom is 0.303 e. The SMILES string of the molecule is CC(=O)OC[C@H]1O[C@@H](CCO)[C@H](OC(C)=O)[C@@H](OC(C)=O)[C@H]1OC(C)=O. The summed E-state index contributed by atoms with van der Waals surface area (Å²) in [5.41, 5.74) is 0. The van der Waals surface area contributed by atoms with E-state index < -0.39 is 54.4 Å². The molecule has 0 amide bonds. The number of aliphatic hydroxyl groups is 1. The molecule has 1 fully saturated rings. The van der Waals surface area contributed by atoms with Gasteiger partial charge in [-0.15, -0.1) is 0 Å². The smallest absolute Gasteiger partial charge is 0.303 e. The fourth-order valence-electron chi connectivity index (χ4n) is 2.68. The van der Waals surface area contributed by atoms with Crippen LogP contribution in [0.25, 0.3) is 0 Å². The van der Waals surface area contributed by atoms with Crippen LogP contribution in [0.3, 0.4) is 0 Å². The summed E-state index contributed by atoms with van der Waals surface area (Å²) in [4.78, 5) is 45.6. The van der Waals surface area contributed by atoms with Gasteiger partial charge in [0.15, 0.2) is 18.3 Å². The normalized spacial score (nSPS) is 28.0. The lowest BCUT2D eigenvalue weighted by atomic mass is 9.92. The molecular weight excluding hydrogens is 352 g/mol. The fourth-order valence-corrected chi connectivity index (χ4v) is 2.68. The van der Waals surface area contributed by atoms with Gasteiger partial charge in [0.05, 0.1) is 0 Å². The van der Waals surface area contributed by atoms with Crippen molar-refractivity contribution in [3.63, 3.8) is 0 Å². The molecular formula is C16H24O10. The Kier molecular flexibility index (Phi) is 8.46. The van der Waals surface area contributed by atoms with E-state index in [-0.39, 0.29) is 19.6 Å². The number of rotatable bonds is 7. The highest BCUT2D eigenvalue weighted by molar-refractivity contribution is 5.68. The van der Waals surface area contributed by atoms with Crippen molar-refractivity contribution < 1.29 is 48.0 Å². The van der Waals surface area contributed by atoms with Gasteiger partial charge in [0.25, 0.3) is 0 Å². The summed E-state index contributed by atoms with van der Waals surface area (Å²) in [6, 6.07) is 0. The standard InChI is InChI=1S/C16H24O10/c1-8(18)22-7-13-15(24-10(3)20)16(25-11(4)21)14(23-9(2)19)12(26-13)5-6-17/h12-17H,5-7H2,1-4H3/t12-,13+,14-,15-,16+/m0/s1. The van der Waals surface area contributed by atoms with Gasteiger partial charge in [-0.2, -0.15) is 0 Å². The first-order valence-electron chi connectivity index (χ1n) is 8.07. The molecule has 0 aromatic carbocycles. The van der Waals surface area contributed by atoms with Crippen LogP contribution in [-0.2, 0) is 42.9 Å². The summed E-state index contributed by atoms with van der Waals surface area (Å²) in [7, 11) is 0. The van der Waals surface area contributed by atoms with Crippen LogP contribution < -0.4 is 0 Å². The lowest BCUT2D eigenvalue weighted by Crippen LogP contribution is -2.62. The molecule has 0 saturated carbocycles. The van der Waals surface area contributed by atoms with E-state index in [0.717, 1.165) is 20.8 Å². The van der Waals surface area contributed by atoms with Gasteiger partial charge in [-0.1, -0.05) is 0 Å². The molecule has 1 rings (SSSR count). The van der Waals surface area contributed by atoms with Crippen LogP contribution >= 0.6 is 0 Å².